The summed E-state index contributed by atoms with van der Waals surface area (Å²) in [5, 5.41) is 11.1. The fraction of sp³-hybridized carbons (Fsp3) is 0.105. The van der Waals surface area contributed by atoms with Crippen molar-refractivity contribution in [2.75, 3.05) is 7.11 Å². The normalized spacial score (nSPS) is 10.5. The van der Waals surface area contributed by atoms with Crippen molar-refractivity contribution in [1.82, 2.24) is 0 Å². The van der Waals surface area contributed by atoms with Crippen molar-refractivity contribution in [3.8, 4) is 11.5 Å². The fourth-order valence-corrected chi connectivity index (χ4v) is 2.53. The van der Waals surface area contributed by atoms with E-state index >= 15 is 0 Å². The zero-order valence-electron chi connectivity index (χ0n) is 12.7. The van der Waals surface area contributed by atoms with Gasteiger partial charge in [0.2, 0.25) is 0 Å². The van der Waals surface area contributed by atoms with Gasteiger partial charge < -0.3 is 14.6 Å². The highest BCUT2D eigenvalue weighted by molar-refractivity contribution is 6.01. The lowest BCUT2D eigenvalue weighted by Gasteiger charge is -2.16. The second-order valence-electron chi connectivity index (χ2n) is 5.09. The summed E-state index contributed by atoms with van der Waals surface area (Å²) >= 11 is 0. The number of carboxylic acid groups (broad SMARTS) is 1. The van der Waals surface area contributed by atoms with E-state index in [1.165, 1.54) is 7.11 Å². The van der Waals surface area contributed by atoms with E-state index < -0.39 is 5.97 Å². The number of rotatable bonds is 5. The lowest BCUT2D eigenvalue weighted by molar-refractivity contribution is 0.0691. The van der Waals surface area contributed by atoms with Crippen LogP contribution >= 0.6 is 0 Å². The molecule has 4 heteroatoms. The molecule has 0 fully saturated rings. The number of hydrogen-bond donors (Lipinski definition) is 1. The number of carboxylic acids is 1. The van der Waals surface area contributed by atoms with Gasteiger partial charge in [-0.2, -0.15) is 0 Å². The van der Waals surface area contributed by atoms with E-state index in [4.69, 9.17) is 9.47 Å². The van der Waals surface area contributed by atoms with Crippen molar-refractivity contribution in [2.45, 2.75) is 6.61 Å². The Labute approximate surface area is 133 Å². The number of methoxy groups -OCH3 is 1. The average Bonchev–Trinajstić information content (AvgIpc) is 2.59. The number of fused-ring (bicyclic) bond motifs is 1. The van der Waals surface area contributed by atoms with Crippen LogP contribution in [0.15, 0.2) is 60.7 Å². The van der Waals surface area contributed by atoms with Crippen LogP contribution in [0.2, 0.25) is 0 Å². The third-order valence-electron chi connectivity index (χ3n) is 3.62. The molecule has 3 aromatic rings. The zero-order valence-corrected chi connectivity index (χ0v) is 12.7. The minimum atomic E-state index is -1.04. The Kier molecular flexibility index (Phi) is 4.15. The molecule has 0 atom stereocenters. The molecule has 3 aromatic carbocycles. The van der Waals surface area contributed by atoms with Gasteiger partial charge in [0.05, 0.1) is 7.11 Å². The third-order valence-corrected chi connectivity index (χ3v) is 3.62. The Morgan fingerprint density at radius 3 is 2.39 bits per heavy atom. The summed E-state index contributed by atoms with van der Waals surface area (Å²) in [7, 11) is 1.52. The molecule has 0 spiro atoms. The molecule has 0 aliphatic rings. The van der Waals surface area contributed by atoms with E-state index in [9.17, 15) is 9.90 Å². The van der Waals surface area contributed by atoms with Gasteiger partial charge in [-0.05, 0) is 17.0 Å². The Morgan fingerprint density at radius 2 is 1.70 bits per heavy atom. The van der Waals surface area contributed by atoms with Crippen LogP contribution in [0.1, 0.15) is 15.9 Å². The highest BCUT2D eigenvalue weighted by Gasteiger charge is 2.20. The number of aromatic carboxylic acids is 1. The maximum atomic E-state index is 11.6. The molecular formula is C19H16O4. The van der Waals surface area contributed by atoms with Gasteiger partial charge in [-0.25, -0.2) is 4.79 Å². The summed E-state index contributed by atoms with van der Waals surface area (Å²) in [6.45, 7) is 0.274. The lowest BCUT2D eigenvalue weighted by Crippen LogP contribution is -2.06. The predicted molar refractivity (Wildman–Crippen MR) is 88.2 cm³/mol. The molecule has 4 nitrogen and oxygen atoms in total. The summed E-state index contributed by atoms with van der Waals surface area (Å²) in [5.74, 6) is -0.351. The van der Waals surface area contributed by atoms with Crippen LogP contribution < -0.4 is 9.47 Å². The molecule has 0 aliphatic carbocycles. The van der Waals surface area contributed by atoms with Crippen molar-refractivity contribution >= 4 is 16.7 Å². The maximum Gasteiger partial charge on any atom is 0.339 e. The molecule has 1 N–H and O–H groups in total. The lowest BCUT2D eigenvalue weighted by atomic mass is 10.0. The standard InChI is InChI=1S/C19H16O4/c1-22-17-15-10-6-5-9-14(15)11-16(19(20)21)18(17)23-12-13-7-3-2-4-8-13/h2-11H,12H2,1H3,(H,20,21). The molecule has 23 heavy (non-hydrogen) atoms. The van der Waals surface area contributed by atoms with E-state index in [2.05, 4.69) is 0 Å². The first kappa shape index (κ1) is 14.9. The van der Waals surface area contributed by atoms with E-state index in [1.807, 2.05) is 54.6 Å². The van der Waals surface area contributed by atoms with Gasteiger partial charge in [0.25, 0.3) is 0 Å². The SMILES string of the molecule is COc1c(OCc2ccccc2)c(C(=O)O)cc2ccccc12. The van der Waals surface area contributed by atoms with Gasteiger partial charge in [-0.15, -0.1) is 0 Å². The molecule has 0 saturated heterocycles. The second-order valence-corrected chi connectivity index (χ2v) is 5.09. The highest BCUT2D eigenvalue weighted by Crippen LogP contribution is 2.39. The smallest absolute Gasteiger partial charge is 0.339 e. The minimum Gasteiger partial charge on any atom is -0.492 e. The van der Waals surface area contributed by atoms with Crippen molar-refractivity contribution in [3.63, 3.8) is 0 Å². The first-order valence-corrected chi connectivity index (χ1v) is 7.20. The molecule has 0 aromatic heterocycles. The van der Waals surface area contributed by atoms with Crippen LogP contribution in [0.4, 0.5) is 0 Å². The van der Waals surface area contributed by atoms with Crippen LogP contribution in [0.3, 0.4) is 0 Å². The van der Waals surface area contributed by atoms with Crippen LogP contribution in [0.25, 0.3) is 10.8 Å². The Morgan fingerprint density at radius 1 is 1.00 bits per heavy atom. The molecule has 0 aliphatic heterocycles. The van der Waals surface area contributed by atoms with Crippen LogP contribution in [0.5, 0.6) is 11.5 Å². The van der Waals surface area contributed by atoms with E-state index in [1.54, 1.807) is 6.07 Å². The monoisotopic (exact) mass is 308 g/mol. The van der Waals surface area contributed by atoms with E-state index in [0.29, 0.717) is 5.75 Å². The average molecular weight is 308 g/mol. The van der Waals surface area contributed by atoms with Crippen molar-refractivity contribution in [3.05, 3.63) is 71.8 Å². The van der Waals surface area contributed by atoms with E-state index in [-0.39, 0.29) is 17.9 Å². The largest absolute Gasteiger partial charge is 0.492 e. The van der Waals surface area contributed by atoms with Gasteiger partial charge >= 0.3 is 5.97 Å². The zero-order chi connectivity index (χ0) is 16.2. The van der Waals surface area contributed by atoms with Crippen molar-refractivity contribution < 1.29 is 19.4 Å². The molecule has 0 saturated carbocycles. The summed E-state index contributed by atoms with van der Waals surface area (Å²) in [6, 6.07) is 18.7. The number of hydrogen-bond acceptors (Lipinski definition) is 3. The summed E-state index contributed by atoms with van der Waals surface area (Å²) in [6.07, 6.45) is 0. The molecule has 0 bridgehead atoms. The Balaban J connectivity index is 2.09. The quantitative estimate of drug-likeness (QED) is 0.770. The van der Waals surface area contributed by atoms with Gasteiger partial charge in [0, 0.05) is 5.39 Å². The van der Waals surface area contributed by atoms with Crippen LogP contribution in [-0.2, 0) is 6.61 Å². The summed E-state index contributed by atoms with van der Waals surface area (Å²) in [4.78, 5) is 11.6. The van der Waals surface area contributed by atoms with Gasteiger partial charge in [0.15, 0.2) is 11.5 Å². The number of carbonyl (C=O) groups is 1. The third kappa shape index (κ3) is 2.97. The summed E-state index contributed by atoms with van der Waals surface area (Å²) in [5.41, 5.74) is 1.05. The number of ether oxygens (including phenoxy) is 2. The Hall–Kier alpha value is -3.01. The van der Waals surface area contributed by atoms with Crippen molar-refractivity contribution in [1.29, 1.82) is 0 Å². The molecule has 3 rings (SSSR count). The molecular weight excluding hydrogens is 292 g/mol. The van der Waals surface area contributed by atoms with Crippen LogP contribution in [-0.4, -0.2) is 18.2 Å². The first-order chi connectivity index (χ1) is 11.2. The van der Waals surface area contributed by atoms with Gasteiger partial charge in [0.1, 0.15) is 12.2 Å². The topological polar surface area (TPSA) is 55.8 Å². The van der Waals surface area contributed by atoms with Gasteiger partial charge in [-0.3, -0.25) is 0 Å². The molecule has 0 unspecified atom stereocenters. The minimum absolute atomic E-state index is 0.0940. The molecule has 0 heterocycles. The first-order valence-electron chi connectivity index (χ1n) is 7.20. The molecule has 0 radical (unpaired) electrons. The highest BCUT2D eigenvalue weighted by atomic mass is 16.5. The van der Waals surface area contributed by atoms with Crippen LogP contribution in [0, 0.1) is 0 Å². The second kappa shape index (κ2) is 6.40. The maximum absolute atomic E-state index is 11.6. The summed E-state index contributed by atoms with van der Waals surface area (Å²) < 4.78 is 11.3. The number of benzene rings is 3. The Bertz CT molecular complexity index is 841. The molecule has 116 valence electrons. The van der Waals surface area contributed by atoms with E-state index in [0.717, 1.165) is 16.3 Å². The fourth-order valence-electron chi connectivity index (χ4n) is 2.53. The predicted octanol–water partition coefficient (Wildman–Crippen LogP) is 4.13. The molecule has 0 amide bonds. The van der Waals surface area contributed by atoms with Gasteiger partial charge in [-0.1, -0.05) is 54.6 Å². The van der Waals surface area contributed by atoms with Crippen molar-refractivity contribution in [2.24, 2.45) is 0 Å².